The minimum absolute atomic E-state index is 0.0735. The molecule has 3 nitrogen and oxygen atoms in total. The van der Waals surface area contributed by atoms with Gasteiger partial charge in [0.1, 0.15) is 0 Å². The first-order chi connectivity index (χ1) is 29.8. The van der Waals surface area contributed by atoms with Crippen molar-refractivity contribution in [2.24, 2.45) is 0 Å². The van der Waals surface area contributed by atoms with Crippen LogP contribution in [0, 0.1) is 0 Å². The van der Waals surface area contributed by atoms with Crippen molar-refractivity contribution in [1.82, 2.24) is 13.7 Å². The topological polar surface area (TPSA) is 14.8 Å². The van der Waals surface area contributed by atoms with E-state index in [-0.39, 0.29) is 83.5 Å². The average Bonchev–Trinajstić information content (AvgIpc) is 3.93. The summed E-state index contributed by atoms with van der Waals surface area (Å²) in [5.74, 6) is 0. The van der Waals surface area contributed by atoms with E-state index in [2.05, 4.69) is 0 Å². The Kier molecular flexibility index (Phi) is 2.64. The molecule has 7 aromatic carbocycles. The van der Waals surface area contributed by atoms with Crippen molar-refractivity contribution in [3.05, 3.63) is 163 Å². The lowest BCUT2D eigenvalue weighted by Crippen LogP contribution is -1.98. The van der Waals surface area contributed by atoms with Gasteiger partial charge in [-0.1, -0.05) is 90.8 Å². The molecular weight excluding hydrogens is 546 g/mol. The quantitative estimate of drug-likeness (QED) is 0.193. The van der Waals surface area contributed by atoms with Crippen LogP contribution in [-0.2, 0) is 0 Å². The van der Waals surface area contributed by atoms with Gasteiger partial charge in [-0.25, -0.2) is 0 Å². The molecule has 10 rings (SSSR count). The third-order valence-corrected chi connectivity index (χ3v) is 8.09. The average molecular weight is 592 g/mol. The van der Waals surface area contributed by atoms with Crippen LogP contribution in [0.1, 0.15) is 24.7 Å². The Labute approximate surface area is 285 Å². The summed E-state index contributed by atoms with van der Waals surface area (Å²) in [4.78, 5) is 0. The molecule has 10 aromatic rings. The molecule has 3 heteroatoms. The Morgan fingerprint density at radius 2 is 0.956 bits per heavy atom. The second kappa shape index (κ2) is 9.22. The van der Waals surface area contributed by atoms with E-state index in [0.29, 0.717) is 5.69 Å². The highest BCUT2D eigenvalue weighted by Crippen LogP contribution is 2.43. The number of aromatic nitrogens is 3. The van der Waals surface area contributed by atoms with Crippen LogP contribution in [0.5, 0.6) is 0 Å². The zero-order chi connectivity index (χ0) is 45.1. The molecular formula is C42H27N3. The van der Waals surface area contributed by atoms with Crippen LogP contribution >= 0.6 is 0 Å². The summed E-state index contributed by atoms with van der Waals surface area (Å²) in [7, 11) is 0. The molecule has 45 heavy (non-hydrogen) atoms. The van der Waals surface area contributed by atoms with Gasteiger partial charge >= 0.3 is 0 Å². The Morgan fingerprint density at radius 3 is 1.69 bits per heavy atom. The smallest absolute Gasteiger partial charge is 0.0652 e. The van der Waals surface area contributed by atoms with Gasteiger partial charge in [-0.2, -0.15) is 0 Å². The summed E-state index contributed by atoms with van der Waals surface area (Å²) in [6.07, 6.45) is 0. The molecule has 3 heterocycles. The lowest BCUT2D eigenvalue weighted by atomic mass is 10.1. The van der Waals surface area contributed by atoms with Crippen molar-refractivity contribution in [1.29, 1.82) is 0 Å². The van der Waals surface area contributed by atoms with Crippen molar-refractivity contribution < 1.29 is 24.7 Å². The number of benzene rings is 7. The third kappa shape index (κ3) is 3.41. The second-order valence-corrected chi connectivity index (χ2v) is 10.5. The molecule has 0 aliphatic rings. The normalized spacial score (nSPS) is 17.6. The lowest BCUT2D eigenvalue weighted by Gasteiger charge is -2.13. The minimum Gasteiger partial charge on any atom is -0.309 e. The molecule has 0 unspecified atom stereocenters. The van der Waals surface area contributed by atoms with Gasteiger partial charge in [0.05, 0.1) is 57.8 Å². The minimum atomic E-state index is -0.672. The van der Waals surface area contributed by atoms with Gasteiger partial charge in [-0.3, -0.25) is 0 Å². The lowest BCUT2D eigenvalue weighted by molar-refractivity contribution is 1.15. The van der Waals surface area contributed by atoms with Gasteiger partial charge in [0.15, 0.2) is 0 Å². The highest BCUT2D eigenvalue weighted by Gasteiger charge is 2.22. The largest absolute Gasteiger partial charge is 0.309 e. The Hall–Kier alpha value is -6.06. The summed E-state index contributed by atoms with van der Waals surface area (Å²) in [6, 6.07) is 4.42. The number of fused-ring (bicyclic) bond motifs is 3. The molecule has 210 valence electrons. The van der Waals surface area contributed by atoms with E-state index < -0.39 is 102 Å². The predicted octanol–water partition coefficient (Wildman–Crippen LogP) is 10.9. The van der Waals surface area contributed by atoms with E-state index in [1.54, 1.807) is 30.3 Å². The maximum atomic E-state index is 9.93. The van der Waals surface area contributed by atoms with Crippen LogP contribution < -0.4 is 0 Å². The molecule has 0 N–H and O–H groups in total. The van der Waals surface area contributed by atoms with E-state index in [4.69, 9.17) is 17.8 Å². The predicted molar refractivity (Wildman–Crippen MR) is 189 cm³/mol. The molecule has 0 radical (unpaired) electrons. The summed E-state index contributed by atoms with van der Waals surface area (Å²) >= 11 is 0. The fourth-order valence-electron chi connectivity index (χ4n) is 6.27. The summed E-state index contributed by atoms with van der Waals surface area (Å²) in [6.45, 7) is 0. The maximum absolute atomic E-state index is 9.93. The summed E-state index contributed by atoms with van der Waals surface area (Å²) in [5.41, 5.74) is -0.463. The van der Waals surface area contributed by atoms with Gasteiger partial charge in [0, 0.05) is 38.6 Å². The highest BCUT2D eigenvalue weighted by molar-refractivity contribution is 6.25. The Bertz CT molecular complexity index is 3600. The van der Waals surface area contributed by atoms with Crippen LogP contribution in [0.3, 0.4) is 0 Å². The monoisotopic (exact) mass is 591 g/mol. The van der Waals surface area contributed by atoms with E-state index in [1.807, 2.05) is 0 Å². The van der Waals surface area contributed by atoms with Crippen LogP contribution in [-0.4, -0.2) is 13.7 Å². The van der Waals surface area contributed by atoms with Crippen LogP contribution in [0.25, 0.3) is 82.8 Å². The Morgan fingerprint density at radius 1 is 0.378 bits per heavy atom. The molecule has 3 aromatic heterocycles. The van der Waals surface area contributed by atoms with E-state index in [1.165, 1.54) is 33.4 Å². The molecule has 0 saturated carbocycles. The van der Waals surface area contributed by atoms with Crippen LogP contribution in [0.15, 0.2) is 163 Å². The molecule has 0 amide bonds. The molecule has 0 aliphatic heterocycles. The molecule has 0 saturated heterocycles. The number of nitrogens with zero attached hydrogens (tertiary/aromatic N) is 3. The molecule has 0 fully saturated rings. The van der Waals surface area contributed by atoms with Gasteiger partial charge < -0.3 is 13.7 Å². The zero-order valence-corrected chi connectivity index (χ0v) is 23.0. The zero-order valence-electron chi connectivity index (χ0n) is 41.0. The molecule has 0 atom stereocenters. The molecule has 0 aliphatic carbocycles. The van der Waals surface area contributed by atoms with Gasteiger partial charge in [-0.05, 0) is 83.7 Å². The highest BCUT2D eigenvalue weighted by atomic mass is 15.0. The van der Waals surface area contributed by atoms with E-state index in [0.717, 1.165) is 4.57 Å². The number of hydrogen-bond donors (Lipinski definition) is 0. The van der Waals surface area contributed by atoms with Crippen LogP contribution in [0.4, 0.5) is 0 Å². The SMILES string of the molecule is [2H]c1c([2H])c([2H])c(-c2cccc(-n3c4c([2H])c([2H])c([2H])c([2H])c4c4c([2H])c(-n5c6c([2H])c([2H])c([2H])c7c6c6c(c([2H])c([2H])c([2H])c65)n7-c5ccccc5)c([2H])c([2H])c43)c2)c([2H])c1[2H]. The van der Waals surface area contributed by atoms with E-state index >= 15 is 0 Å². The van der Waals surface area contributed by atoms with Crippen LogP contribution in [0.2, 0.25) is 0 Å². The van der Waals surface area contributed by atoms with Gasteiger partial charge in [0.25, 0.3) is 0 Å². The number of para-hydroxylation sites is 2. The van der Waals surface area contributed by atoms with Crippen molar-refractivity contribution in [2.45, 2.75) is 0 Å². The van der Waals surface area contributed by atoms with Crippen molar-refractivity contribution in [3.8, 4) is 28.2 Å². The number of hydrogen-bond acceptors (Lipinski definition) is 0. The van der Waals surface area contributed by atoms with Crippen molar-refractivity contribution in [3.63, 3.8) is 0 Å². The van der Waals surface area contributed by atoms with Crippen molar-refractivity contribution in [2.75, 3.05) is 0 Å². The molecule has 0 spiro atoms. The first-order valence-electron chi connectivity index (χ1n) is 23.0. The Balaban J connectivity index is 1.40. The number of rotatable bonds is 4. The van der Waals surface area contributed by atoms with Gasteiger partial charge in [-0.15, -0.1) is 0 Å². The third-order valence-electron chi connectivity index (χ3n) is 8.09. The first-order valence-corrected chi connectivity index (χ1v) is 14.0. The summed E-state index contributed by atoms with van der Waals surface area (Å²) in [5, 5.41) is -0.161. The maximum Gasteiger partial charge on any atom is 0.0652 e. The first kappa shape index (κ1) is 12.9. The van der Waals surface area contributed by atoms with Crippen molar-refractivity contribution >= 4 is 54.6 Å². The van der Waals surface area contributed by atoms with E-state index in [9.17, 15) is 6.85 Å². The fourth-order valence-corrected chi connectivity index (χ4v) is 6.27. The fraction of sp³-hybridized carbons (Fsp3) is 0. The summed E-state index contributed by atoms with van der Waals surface area (Å²) < 4.78 is 165. The van der Waals surface area contributed by atoms with Gasteiger partial charge in [0.2, 0.25) is 0 Å². The second-order valence-electron chi connectivity index (χ2n) is 10.5. The standard InChI is InChI=1S/C42H27N3/c1-3-12-28(13-4-1)29-14-9-17-31(26-29)44-35-19-8-7-18-33(35)34-27-32(24-25-36(34)44)45-39-22-10-20-37-41(39)42-38(21-11-23-40(42)45)43(37)30-15-5-2-6-16-30/h1-27H/i1D,3D,4D,7D,8D,10D,11D,12D,13D,18D,19D,20D,21D,22D,23D,24D,25D,27D. The molecule has 0 bridgehead atoms.